The van der Waals surface area contributed by atoms with E-state index < -0.39 is 0 Å². The van der Waals surface area contributed by atoms with Crippen LogP contribution in [0.25, 0.3) is 0 Å². The molecule has 152 valence electrons. The minimum absolute atomic E-state index is 0.0404. The lowest BCUT2D eigenvalue weighted by molar-refractivity contribution is -0.118. The van der Waals surface area contributed by atoms with Crippen molar-refractivity contribution in [1.82, 2.24) is 5.32 Å². The predicted molar refractivity (Wildman–Crippen MR) is 118 cm³/mol. The molecule has 1 fully saturated rings. The third-order valence-corrected chi connectivity index (χ3v) is 5.30. The molecule has 1 N–H and O–H groups in total. The second kappa shape index (κ2) is 9.60. The molecule has 1 aliphatic heterocycles. The molecular formula is C22H25N3O3S. The van der Waals surface area contributed by atoms with Crippen molar-refractivity contribution < 1.29 is 14.3 Å². The van der Waals surface area contributed by atoms with Crippen molar-refractivity contribution in [2.24, 2.45) is 10.2 Å². The number of hydrogen-bond acceptors (Lipinski definition) is 6. The first-order valence-electron chi connectivity index (χ1n) is 9.43. The van der Waals surface area contributed by atoms with Crippen LogP contribution < -0.4 is 14.8 Å². The van der Waals surface area contributed by atoms with Crippen molar-refractivity contribution in [3.8, 4) is 11.5 Å². The monoisotopic (exact) mass is 411 g/mol. The Kier molecular flexibility index (Phi) is 6.93. The van der Waals surface area contributed by atoms with E-state index in [1.54, 1.807) is 13.3 Å². The van der Waals surface area contributed by atoms with Crippen LogP contribution in [0.15, 0.2) is 52.7 Å². The topological polar surface area (TPSA) is 72.3 Å². The summed E-state index contributed by atoms with van der Waals surface area (Å²) in [6.45, 7) is 5.97. The van der Waals surface area contributed by atoms with Gasteiger partial charge < -0.3 is 14.8 Å². The number of rotatable bonds is 7. The number of ether oxygens (including phenoxy) is 2. The lowest BCUT2D eigenvalue weighted by atomic mass is 10.1. The Morgan fingerprint density at radius 2 is 1.93 bits per heavy atom. The normalized spacial score (nSPS) is 17.9. The van der Waals surface area contributed by atoms with E-state index in [0.29, 0.717) is 23.1 Å². The zero-order chi connectivity index (χ0) is 20.8. The van der Waals surface area contributed by atoms with E-state index in [1.807, 2.05) is 39.0 Å². The molecule has 3 rings (SSSR count). The minimum Gasteiger partial charge on any atom is -0.493 e. The maximum atomic E-state index is 12.2. The van der Waals surface area contributed by atoms with Gasteiger partial charge in [0, 0.05) is 0 Å². The summed E-state index contributed by atoms with van der Waals surface area (Å²) < 4.78 is 11.1. The van der Waals surface area contributed by atoms with Gasteiger partial charge in [0.25, 0.3) is 0 Å². The quantitative estimate of drug-likeness (QED) is 0.553. The Labute approximate surface area is 175 Å². The van der Waals surface area contributed by atoms with Crippen molar-refractivity contribution in [3.05, 3.63) is 59.2 Å². The van der Waals surface area contributed by atoms with Crippen LogP contribution in [0.2, 0.25) is 0 Å². The van der Waals surface area contributed by atoms with Crippen LogP contribution in [0.4, 0.5) is 0 Å². The van der Waals surface area contributed by atoms with Gasteiger partial charge in [0.1, 0.15) is 0 Å². The first kappa shape index (κ1) is 20.9. The van der Waals surface area contributed by atoms with Gasteiger partial charge in [-0.05, 0) is 56.5 Å². The number of carbonyl (C=O) groups excluding carboxylic acids is 1. The van der Waals surface area contributed by atoms with Gasteiger partial charge in [-0.25, -0.2) is 0 Å². The Bertz CT molecular complexity index is 923. The standard InChI is InChI=1S/C22H25N3O3S/c1-14(2)28-18-10-9-17(11-19(18)27-4)13-23-25-22-24-21(26)20(29-22)12-16-7-5-15(3)6-8-16/h5-11,13-14,20H,12H2,1-4H3,(H,24,25,26)/b23-13+. The minimum atomic E-state index is -0.195. The summed E-state index contributed by atoms with van der Waals surface area (Å²) in [5, 5.41) is 11.4. The van der Waals surface area contributed by atoms with Crippen molar-refractivity contribution in [1.29, 1.82) is 0 Å². The van der Waals surface area contributed by atoms with Gasteiger partial charge in [0.2, 0.25) is 5.91 Å². The molecule has 0 saturated carbocycles. The van der Waals surface area contributed by atoms with Crippen LogP contribution >= 0.6 is 11.8 Å². The van der Waals surface area contributed by atoms with Gasteiger partial charge in [-0.15, -0.1) is 5.10 Å². The van der Waals surface area contributed by atoms with E-state index in [0.717, 1.165) is 11.1 Å². The highest BCUT2D eigenvalue weighted by Crippen LogP contribution is 2.28. The van der Waals surface area contributed by atoms with Crippen LogP contribution in [-0.2, 0) is 11.2 Å². The summed E-state index contributed by atoms with van der Waals surface area (Å²) in [6, 6.07) is 13.8. The van der Waals surface area contributed by atoms with E-state index in [2.05, 4.69) is 39.8 Å². The molecule has 29 heavy (non-hydrogen) atoms. The SMILES string of the molecule is COc1cc(/C=N/N=C2\NC(=O)C(Cc3ccc(C)cc3)S2)ccc1OC(C)C. The summed E-state index contributed by atoms with van der Waals surface area (Å²) in [5.41, 5.74) is 3.16. The molecule has 0 aromatic heterocycles. The molecule has 1 aliphatic rings. The smallest absolute Gasteiger partial charge is 0.239 e. The van der Waals surface area contributed by atoms with Crippen molar-refractivity contribution >= 4 is 29.1 Å². The third kappa shape index (κ3) is 5.84. The van der Waals surface area contributed by atoms with Crippen molar-refractivity contribution in [3.63, 3.8) is 0 Å². The fourth-order valence-corrected chi connectivity index (χ4v) is 3.75. The molecule has 0 radical (unpaired) electrons. The van der Waals surface area contributed by atoms with E-state index in [9.17, 15) is 4.79 Å². The number of carbonyl (C=O) groups is 1. The van der Waals surface area contributed by atoms with Crippen LogP contribution in [0.5, 0.6) is 11.5 Å². The second-order valence-electron chi connectivity index (χ2n) is 7.01. The average Bonchev–Trinajstić information content (AvgIpc) is 3.03. The number of amides is 1. The van der Waals surface area contributed by atoms with E-state index >= 15 is 0 Å². The Morgan fingerprint density at radius 3 is 2.62 bits per heavy atom. The predicted octanol–water partition coefficient (Wildman–Crippen LogP) is 3.96. The van der Waals surface area contributed by atoms with E-state index in [4.69, 9.17) is 9.47 Å². The van der Waals surface area contributed by atoms with Crippen molar-refractivity contribution in [2.75, 3.05) is 7.11 Å². The van der Waals surface area contributed by atoms with E-state index in [1.165, 1.54) is 17.3 Å². The number of aryl methyl sites for hydroxylation is 1. The zero-order valence-electron chi connectivity index (χ0n) is 17.0. The maximum absolute atomic E-state index is 12.2. The number of benzene rings is 2. The summed E-state index contributed by atoms with van der Waals surface area (Å²) in [5.74, 6) is 1.28. The highest BCUT2D eigenvalue weighted by molar-refractivity contribution is 8.15. The van der Waals surface area contributed by atoms with Gasteiger partial charge >= 0.3 is 0 Å². The largest absolute Gasteiger partial charge is 0.493 e. The third-order valence-electron chi connectivity index (χ3n) is 4.22. The lowest BCUT2D eigenvalue weighted by Gasteiger charge is -2.13. The molecule has 1 atom stereocenters. The van der Waals surface area contributed by atoms with Crippen LogP contribution in [-0.4, -0.2) is 35.8 Å². The Balaban J connectivity index is 1.63. The summed E-state index contributed by atoms with van der Waals surface area (Å²) in [4.78, 5) is 12.2. The summed E-state index contributed by atoms with van der Waals surface area (Å²) in [6.07, 6.45) is 2.34. The van der Waals surface area contributed by atoms with E-state index in [-0.39, 0.29) is 17.3 Å². The maximum Gasteiger partial charge on any atom is 0.239 e. The highest BCUT2D eigenvalue weighted by atomic mass is 32.2. The number of hydrogen-bond donors (Lipinski definition) is 1. The number of nitrogens with one attached hydrogen (secondary N) is 1. The molecule has 2 aromatic carbocycles. The van der Waals surface area contributed by atoms with Crippen LogP contribution in [0.1, 0.15) is 30.5 Å². The van der Waals surface area contributed by atoms with Gasteiger partial charge in [-0.3, -0.25) is 4.79 Å². The van der Waals surface area contributed by atoms with Crippen LogP contribution in [0, 0.1) is 6.92 Å². The van der Waals surface area contributed by atoms with Crippen LogP contribution in [0.3, 0.4) is 0 Å². The highest BCUT2D eigenvalue weighted by Gasteiger charge is 2.30. The molecular weight excluding hydrogens is 386 g/mol. The first-order chi connectivity index (χ1) is 13.9. The fourth-order valence-electron chi connectivity index (χ4n) is 2.79. The Morgan fingerprint density at radius 1 is 1.17 bits per heavy atom. The van der Waals surface area contributed by atoms with Gasteiger partial charge in [0.15, 0.2) is 16.7 Å². The second-order valence-corrected chi connectivity index (χ2v) is 8.20. The number of methoxy groups -OCH3 is 1. The molecule has 1 saturated heterocycles. The number of amidine groups is 1. The molecule has 0 spiro atoms. The molecule has 1 unspecified atom stereocenters. The summed E-state index contributed by atoms with van der Waals surface area (Å²) >= 11 is 1.40. The number of nitrogens with zero attached hydrogens (tertiary/aromatic N) is 2. The van der Waals surface area contributed by atoms with Gasteiger partial charge in [-0.2, -0.15) is 5.10 Å². The molecule has 1 amide bonds. The summed E-state index contributed by atoms with van der Waals surface area (Å²) in [7, 11) is 1.60. The Hall–Kier alpha value is -2.80. The first-order valence-corrected chi connectivity index (χ1v) is 10.3. The number of thioether (sulfide) groups is 1. The van der Waals surface area contributed by atoms with Crippen molar-refractivity contribution in [2.45, 2.75) is 38.5 Å². The molecule has 1 heterocycles. The molecule has 2 aromatic rings. The van der Waals surface area contributed by atoms with Gasteiger partial charge in [-0.1, -0.05) is 41.6 Å². The van der Waals surface area contributed by atoms with Gasteiger partial charge in [0.05, 0.1) is 24.7 Å². The fraction of sp³-hybridized carbons (Fsp3) is 0.318. The molecule has 6 nitrogen and oxygen atoms in total. The average molecular weight is 412 g/mol. The molecule has 0 aliphatic carbocycles. The molecule has 7 heteroatoms. The lowest BCUT2D eigenvalue weighted by Crippen LogP contribution is -2.25. The zero-order valence-corrected chi connectivity index (χ0v) is 17.8. The molecule has 0 bridgehead atoms.